The van der Waals surface area contributed by atoms with Crippen LogP contribution in [0.5, 0.6) is 0 Å². The van der Waals surface area contributed by atoms with Crippen LogP contribution in [0.4, 0.5) is 0 Å². The molecule has 1 aromatic carbocycles. The quantitative estimate of drug-likeness (QED) is 0.721. The van der Waals surface area contributed by atoms with Gasteiger partial charge in [-0.15, -0.1) is 0 Å². The molecule has 0 aliphatic heterocycles. The fourth-order valence-corrected chi connectivity index (χ4v) is 1.19. The Balaban J connectivity index is 3.23. The van der Waals surface area contributed by atoms with Crippen LogP contribution in [0, 0.1) is 11.3 Å². The number of nitriles is 1. The summed E-state index contributed by atoms with van der Waals surface area (Å²) in [6.45, 7) is 1.84. The number of nitrogens with two attached hydrogens (primary N) is 1. The SMILES string of the molecule is CC(N)c1ccc(Cl)cc1C#N. The zero-order valence-corrected chi connectivity index (χ0v) is 7.47. The Morgan fingerprint density at radius 2 is 2.25 bits per heavy atom. The van der Waals surface area contributed by atoms with Crippen molar-refractivity contribution < 1.29 is 0 Å². The summed E-state index contributed by atoms with van der Waals surface area (Å²) in [7, 11) is 0. The van der Waals surface area contributed by atoms with E-state index in [0.29, 0.717) is 10.6 Å². The van der Waals surface area contributed by atoms with E-state index in [1.807, 2.05) is 6.92 Å². The highest BCUT2D eigenvalue weighted by Crippen LogP contribution is 2.19. The smallest absolute Gasteiger partial charge is 0.0995 e. The van der Waals surface area contributed by atoms with Crippen molar-refractivity contribution in [2.45, 2.75) is 13.0 Å². The molecule has 1 unspecified atom stereocenters. The number of benzene rings is 1. The van der Waals surface area contributed by atoms with Crippen LogP contribution in [-0.4, -0.2) is 0 Å². The molecule has 1 aromatic rings. The van der Waals surface area contributed by atoms with E-state index in [1.165, 1.54) is 0 Å². The second-order valence-electron chi connectivity index (χ2n) is 2.63. The predicted molar refractivity (Wildman–Crippen MR) is 48.8 cm³/mol. The van der Waals surface area contributed by atoms with Gasteiger partial charge in [-0.1, -0.05) is 17.7 Å². The summed E-state index contributed by atoms with van der Waals surface area (Å²) in [5.74, 6) is 0. The lowest BCUT2D eigenvalue weighted by Crippen LogP contribution is -2.06. The summed E-state index contributed by atoms with van der Waals surface area (Å²) >= 11 is 5.71. The minimum Gasteiger partial charge on any atom is -0.324 e. The molecule has 2 N–H and O–H groups in total. The van der Waals surface area contributed by atoms with Gasteiger partial charge in [0.15, 0.2) is 0 Å². The van der Waals surface area contributed by atoms with Crippen LogP contribution < -0.4 is 5.73 Å². The Labute approximate surface area is 76.6 Å². The highest BCUT2D eigenvalue weighted by Gasteiger charge is 2.05. The second kappa shape index (κ2) is 3.57. The average molecular weight is 181 g/mol. The predicted octanol–water partition coefficient (Wildman–Crippen LogP) is 2.23. The van der Waals surface area contributed by atoms with Gasteiger partial charge in [0.2, 0.25) is 0 Å². The maximum atomic E-state index is 8.73. The third-order valence-corrected chi connectivity index (χ3v) is 1.86. The van der Waals surface area contributed by atoms with E-state index in [4.69, 9.17) is 22.6 Å². The molecule has 0 spiro atoms. The minimum absolute atomic E-state index is 0.128. The zero-order chi connectivity index (χ0) is 9.14. The average Bonchev–Trinajstić information content (AvgIpc) is 2.03. The molecular weight excluding hydrogens is 172 g/mol. The van der Waals surface area contributed by atoms with Crippen LogP contribution in [0.25, 0.3) is 0 Å². The summed E-state index contributed by atoms with van der Waals surface area (Å²) < 4.78 is 0. The van der Waals surface area contributed by atoms with Crippen LogP contribution in [0.1, 0.15) is 24.1 Å². The lowest BCUT2D eigenvalue weighted by molar-refractivity contribution is 0.815. The molecule has 12 heavy (non-hydrogen) atoms. The Morgan fingerprint density at radius 1 is 1.58 bits per heavy atom. The van der Waals surface area contributed by atoms with E-state index in [0.717, 1.165) is 5.56 Å². The molecule has 0 aromatic heterocycles. The van der Waals surface area contributed by atoms with Crippen molar-refractivity contribution in [2.75, 3.05) is 0 Å². The normalized spacial score (nSPS) is 12.2. The summed E-state index contributed by atoms with van der Waals surface area (Å²) in [5, 5.41) is 9.29. The van der Waals surface area contributed by atoms with Gasteiger partial charge in [0.05, 0.1) is 11.6 Å². The molecule has 0 saturated carbocycles. The molecule has 0 saturated heterocycles. The van der Waals surface area contributed by atoms with Gasteiger partial charge >= 0.3 is 0 Å². The Hall–Kier alpha value is -1.04. The molecule has 0 bridgehead atoms. The van der Waals surface area contributed by atoms with E-state index in [2.05, 4.69) is 6.07 Å². The zero-order valence-electron chi connectivity index (χ0n) is 6.71. The fourth-order valence-electron chi connectivity index (χ4n) is 1.02. The van der Waals surface area contributed by atoms with Crippen LogP contribution >= 0.6 is 11.6 Å². The van der Waals surface area contributed by atoms with Crippen molar-refractivity contribution in [2.24, 2.45) is 5.73 Å². The van der Waals surface area contributed by atoms with Crippen molar-refractivity contribution in [1.29, 1.82) is 5.26 Å². The number of hydrogen-bond donors (Lipinski definition) is 1. The maximum absolute atomic E-state index is 8.73. The van der Waals surface area contributed by atoms with Crippen molar-refractivity contribution in [3.8, 4) is 6.07 Å². The highest BCUT2D eigenvalue weighted by molar-refractivity contribution is 6.30. The Morgan fingerprint density at radius 3 is 2.75 bits per heavy atom. The monoisotopic (exact) mass is 180 g/mol. The first kappa shape index (κ1) is 9.05. The van der Waals surface area contributed by atoms with Crippen LogP contribution in [0.15, 0.2) is 18.2 Å². The third-order valence-electron chi connectivity index (χ3n) is 1.63. The van der Waals surface area contributed by atoms with Gasteiger partial charge in [0.25, 0.3) is 0 Å². The Bertz CT molecular complexity index is 326. The van der Waals surface area contributed by atoms with Gasteiger partial charge in [-0.2, -0.15) is 5.26 Å². The van der Waals surface area contributed by atoms with E-state index >= 15 is 0 Å². The lowest BCUT2D eigenvalue weighted by atomic mass is 10.0. The van der Waals surface area contributed by atoms with Crippen molar-refractivity contribution in [3.05, 3.63) is 34.3 Å². The number of halogens is 1. The van der Waals surface area contributed by atoms with Crippen LogP contribution in [0.3, 0.4) is 0 Å². The molecule has 0 fully saturated rings. The Kier molecular flexibility index (Phi) is 2.69. The molecule has 2 nitrogen and oxygen atoms in total. The largest absolute Gasteiger partial charge is 0.324 e. The standard InChI is InChI=1S/C9H9ClN2/c1-6(12)9-3-2-8(10)4-7(9)5-11/h2-4,6H,12H2,1H3. The first-order valence-electron chi connectivity index (χ1n) is 3.60. The van der Waals surface area contributed by atoms with Crippen LogP contribution in [0.2, 0.25) is 5.02 Å². The highest BCUT2D eigenvalue weighted by atomic mass is 35.5. The molecule has 0 heterocycles. The van der Waals surface area contributed by atoms with Gasteiger partial charge in [-0.05, 0) is 24.6 Å². The third kappa shape index (κ3) is 1.76. The van der Waals surface area contributed by atoms with Crippen molar-refractivity contribution in [3.63, 3.8) is 0 Å². The molecule has 62 valence electrons. The minimum atomic E-state index is -0.128. The van der Waals surface area contributed by atoms with E-state index in [1.54, 1.807) is 18.2 Å². The van der Waals surface area contributed by atoms with Crippen molar-refractivity contribution >= 4 is 11.6 Å². The van der Waals surface area contributed by atoms with Gasteiger partial charge in [-0.25, -0.2) is 0 Å². The summed E-state index contributed by atoms with van der Waals surface area (Å²) in [5.41, 5.74) is 7.03. The molecule has 1 rings (SSSR count). The lowest BCUT2D eigenvalue weighted by Gasteiger charge is -2.07. The first-order chi connectivity index (χ1) is 5.65. The molecule has 0 aliphatic carbocycles. The number of rotatable bonds is 1. The summed E-state index contributed by atoms with van der Waals surface area (Å²) in [6.07, 6.45) is 0. The fraction of sp³-hybridized carbons (Fsp3) is 0.222. The maximum Gasteiger partial charge on any atom is 0.0995 e. The number of hydrogen-bond acceptors (Lipinski definition) is 2. The number of nitrogens with zero attached hydrogens (tertiary/aromatic N) is 1. The molecular formula is C9H9ClN2. The summed E-state index contributed by atoms with van der Waals surface area (Å²) in [6, 6.07) is 7.07. The van der Waals surface area contributed by atoms with Gasteiger partial charge < -0.3 is 5.73 Å². The van der Waals surface area contributed by atoms with Gasteiger partial charge in [-0.3, -0.25) is 0 Å². The molecule has 1 atom stereocenters. The second-order valence-corrected chi connectivity index (χ2v) is 3.07. The van der Waals surface area contributed by atoms with Gasteiger partial charge in [0.1, 0.15) is 0 Å². The van der Waals surface area contributed by atoms with E-state index in [9.17, 15) is 0 Å². The summed E-state index contributed by atoms with van der Waals surface area (Å²) in [4.78, 5) is 0. The van der Waals surface area contributed by atoms with E-state index < -0.39 is 0 Å². The molecule has 0 radical (unpaired) electrons. The molecule has 3 heteroatoms. The molecule has 0 amide bonds. The van der Waals surface area contributed by atoms with Crippen molar-refractivity contribution in [1.82, 2.24) is 0 Å². The van der Waals surface area contributed by atoms with Crippen LogP contribution in [-0.2, 0) is 0 Å². The molecule has 0 aliphatic rings. The van der Waals surface area contributed by atoms with E-state index in [-0.39, 0.29) is 6.04 Å². The first-order valence-corrected chi connectivity index (χ1v) is 3.98. The topological polar surface area (TPSA) is 49.8 Å². The van der Waals surface area contributed by atoms with Gasteiger partial charge in [0, 0.05) is 11.1 Å².